The fraction of sp³-hybridized carbons (Fsp3) is 0.350. The average molecular weight is 471 g/mol. The van der Waals surface area contributed by atoms with Gasteiger partial charge in [-0.3, -0.25) is 0 Å². The summed E-state index contributed by atoms with van der Waals surface area (Å²) in [6.45, 7) is 1.21. The molecule has 4 N–H and O–H groups in total. The van der Waals surface area contributed by atoms with Gasteiger partial charge in [-0.2, -0.15) is 13.2 Å². The number of alkyl halides is 3. The average Bonchev–Trinajstić information content (AvgIpc) is 3.02. The van der Waals surface area contributed by atoms with Crippen LogP contribution in [0.15, 0.2) is 28.9 Å². The minimum Gasteiger partial charge on any atom is -0.455 e. The zero-order valence-electron chi connectivity index (χ0n) is 17.0. The maximum Gasteiger partial charge on any atom is 0.416 e. The number of nitrogens with one attached hydrogen (secondary N) is 3. The molecule has 0 bridgehead atoms. The smallest absolute Gasteiger partial charge is 0.416 e. The van der Waals surface area contributed by atoms with E-state index in [1.807, 2.05) is 0 Å². The highest BCUT2D eigenvalue weighted by Gasteiger charge is 2.45. The van der Waals surface area contributed by atoms with E-state index in [2.05, 4.69) is 20.6 Å². The summed E-state index contributed by atoms with van der Waals surface area (Å²) in [5.41, 5.74) is -0.691. The first kappa shape index (κ1) is 22.7. The number of amides is 2. The summed E-state index contributed by atoms with van der Waals surface area (Å²) in [6, 6.07) is -2.51. The van der Waals surface area contributed by atoms with Gasteiger partial charge in [-0.15, -0.1) is 0 Å². The highest BCUT2D eigenvalue weighted by atomic mass is 19.4. The Labute approximate surface area is 183 Å². The van der Waals surface area contributed by atoms with Gasteiger partial charge in [0, 0.05) is 23.1 Å². The third-order valence-corrected chi connectivity index (χ3v) is 5.22. The summed E-state index contributed by atoms with van der Waals surface area (Å²) in [5, 5.41) is 16.0. The van der Waals surface area contributed by atoms with Crippen LogP contribution in [0.1, 0.15) is 30.2 Å². The molecule has 13 heteroatoms. The minimum atomic E-state index is -5.00. The maximum absolute atomic E-state index is 14.0. The number of aryl methyl sites for hydroxylation is 1. The lowest BCUT2D eigenvalue weighted by atomic mass is 9.90. The van der Waals surface area contributed by atoms with Gasteiger partial charge in [0.2, 0.25) is 5.95 Å². The highest BCUT2D eigenvalue weighted by molar-refractivity contribution is 5.89. The number of aliphatic hydroxyl groups excluding tert-OH is 1. The normalized spacial score (nSPS) is 19.1. The second-order valence-electron chi connectivity index (χ2n) is 7.69. The zero-order valence-corrected chi connectivity index (χ0v) is 17.0. The molecule has 2 amide bonds. The number of rotatable bonds is 5. The number of hydrogen-bond donors (Lipinski definition) is 4. The number of anilines is 2. The molecule has 0 unspecified atom stereocenters. The van der Waals surface area contributed by atoms with Crippen molar-refractivity contribution in [2.24, 2.45) is 0 Å². The molecule has 3 aromatic rings. The molecule has 1 aliphatic rings. The molecule has 4 rings (SSSR count). The SMILES string of the molecule is Cc1c([C@@H](NC(=O)Nc2cnc(N[C@H]3C[C@H](O)C3)nc2)C(F)(F)F)oc2c(F)cc(F)cc12. The van der Waals surface area contributed by atoms with Gasteiger partial charge in [0.05, 0.1) is 24.2 Å². The molecule has 1 aliphatic carbocycles. The summed E-state index contributed by atoms with van der Waals surface area (Å²) in [6.07, 6.45) is -1.90. The molecule has 1 aromatic carbocycles. The van der Waals surface area contributed by atoms with E-state index in [0.717, 1.165) is 6.07 Å². The van der Waals surface area contributed by atoms with E-state index >= 15 is 0 Å². The van der Waals surface area contributed by atoms with Crippen LogP contribution in [0.2, 0.25) is 0 Å². The highest BCUT2D eigenvalue weighted by Crippen LogP contribution is 2.39. The molecule has 8 nitrogen and oxygen atoms in total. The number of furan rings is 1. The summed E-state index contributed by atoms with van der Waals surface area (Å²) < 4.78 is 73.6. The number of carbonyl (C=O) groups is 1. The molecule has 0 aliphatic heterocycles. The fourth-order valence-corrected chi connectivity index (χ4v) is 3.49. The van der Waals surface area contributed by atoms with Crippen molar-refractivity contribution < 1.29 is 36.3 Å². The third kappa shape index (κ3) is 4.82. The minimum absolute atomic E-state index is 0.0139. The van der Waals surface area contributed by atoms with Crippen LogP contribution in [0.5, 0.6) is 0 Å². The number of benzene rings is 1. The van der Waals surface area contributed by atoms with Crippen molar-refractivity contribution in [3.8, 4) is 0 Å². The molecular formula is C20H18F5N5O3. The van der Waals surface area contributed by atoms with Gasteiger partial charge in [-0.25, -0.2) is 23.5 Å². The van der Waals surface area contributed by atoms with E-state index in [0.29, 0.717) is 18.9 Å². The van der Waals surface area contributed by atoms with E-state index in [1.54, 1.807) is 5.32 Å². The van der Waals surface area contributed by atoms with Crippen molar-refractivity contribution in [3.63, 3.8) is 0 Å². The van der Waals surface area contributed by atoms with Crippen molar-refractivity contribution in [3.05, 3.63) is 47.5 Å². The van der Waals surface area contributed by atoms with E-state index in [-0.39, 0.29) is 34.7 Å². The van der Waals surface area contributed by atoms with Crippen LogP contribution < -0.4 is 16.0 Å². The van der Waals surface area contributed by atoms with Crippen LogP contribution in [0.25, 0.3) is 11.0 Å². The van der Waals surface area contributed by atoms with E-state index < -0.39 is 41.2 Å². The quantitative estimate of drug-likeness (QED) is 0.416. The van der Waals surface area contributed by atoms with Crippen LogP contribution >= 0.6 is 0 Å². The predicted molar refractivity (Wildman–Crippen MR) is 107 cm³/mol. The van der Waals surface area contributed by atoms with Crippen molar-refractivity contribution in [2.45, 2.75) is 44.1 Å². The molecule has 0 radical (unpaired) electrons. The summed E-state index contributed by atoms with van der Waals surface area (Å²) in [7, 11) is 0. The van der Waals surface area contributed by atoms with Gasteiger partial charge in [0.15, 0.2) is 17.4 Å². The molecule has 176 valence electrons. The summed E-state index contributed by atoms with van der Waals surface area (Å²) >= 11 is 0. The van der Waals surface area contributed by atoms with Crippen molar-refractivity contribution >= 4 is 28.6 Å². The van der Waals surface area contributed by atoms with Gasteiger partial charge in [0.1, 0.15) is 11.6 Å². The number of carbonyl (C=O) groups excluding carboxylic acids is 1. The lowest BCUT2D eigenvalue weighted by Crippen LogP contribution is -2.40. The second kappa shape index (κ2) is 8.46. The van der Waals surface area contributed by atoms with Crippen LogP contribution in [0, 0.1) is 18.6 Å². The van der Waals surface area contributed by atoms with Gasteiger partial charge >= 0.3 is 12.2 Å². The van der Waals surface area contributed by atoms with Gasteiger partial charge in [0.25, 0.3) is 0 Å². The first-order chi connectivity index (χ1) is 15.5. The first-order valence-corrected chi connectivity index (χ1v) is 9.80. The Kier molecular flexibility index (Phi) is 5.82. The van der Waals surface area contributed by atoms with Crippen molar-refractivity contribution in [1.82, 2.24) is 15.3 Å². The molecule has 0 saturated heterocycles. The van der Waals surface area contributed by atoms with Gasteiger partial charge in [-0.1, -0.05) is 0 Å². The number of aromatic nitrogens is 2. The number of aliphatic hydroxyl groups is 1. The Balaban J connectivity index is 1.49. The summed E-state index contributed by atoms with van der Waals surface area (Å²) in [5.74, 6) is -2.67. The Morgan fingerprint density at radius 3 is 2.48 bits per heavy atom. The Morgan fingerprint density at radius 2 is 1.88 bits per heavy atom. The number of fused-ring (bicyclic) bond motifs is 1. The Bertz CT molecular complexity index is 1180. The van der Waals surface area contributed by atoms with Crippen LogP contribution in [0.4, 0.5) is 38.4 Å². The van der Waals surface area contributed by atoms with Gasteiger partial charge in [-0.05, 0) is 25.8 Å². The topological polar surface area (TPSA) is 112 Å². The van der Waals surface area contributed by atoms with E-state index in [4.69, 9.17) is 4.42 Å². The van der Waals surface area contributed by atoms with Crippen molar-refractivity contribution in [2.75, 3.05) is 10.6 Å². The predicted octanol–water partition coefficient (Wildman–Crippen LogP) is 4.17. The monoisotopic (exact) mass is 471 g/mol. The molecule has 1 atom stereocenters. The molecule has 0 spiro atoms. The molecular weight excluding hydrogens is 453 g/mol. The molecule has 2 aromatic heterocycles. The van der Waals surface area contributed by atoms with Crippen LogP contribution in [-0.2, 0) is 0 Å². The van der Waals surface area contributed by atoms with Crippen LogP contribution in [-0.4, -0.2) is 39.4 Å². The lowest BCUT2D eigenvalue weighted by Gasteiger charge is -2.31. The molecule has 2 heterocycles. The molecule has 1 saturated carbocycles. The number of halogens is 5. The lowest BCUT2D eigenvalue weighted by molar-refractivity contribution is -0.158. The fourth-order valence-electron chi connectivity index (χ4n) is 3.49. The standard InChI is InChI=1S/C20H18F5N5O3/c1-8-13-2-9(21)3-14(22)16(13)33-15(8)17(20(23,24)25)30-19(32)29-11-6-26-18(27-7-11)28-10-4-12(31)5-10/h2-3,6-7,10,12,17,31H,4-5H2,1H3,(H,26,27,28)(H2,29,30,32)/t10-,12-,17-/m1/s1. The largest absolute Gasteiger partial charge is 0.455 e. The number of urea groups is 1. The Morgan fingerprint density at radius 1 is 1.21 bits per heavy atom. The van der Waals surface area contributed by atoms with Crippen LogP contribution in [0.3, 0.4) is 0 Å². The van der Waals surface area contributed by atoms with Gasteiger partial charge < -0.3 is 25.5 Å². The molecule has 1 fully saturated rings. The zero-order chi connectivity index (χ0) is 23.9. The number of nitrogens with zero attached hydrogens (tertiary/aromatic N) is 2. The Hall–Kier alpha value is -3.48. The van der Waals surface area contributed by atoms with E-state index in [9.17, 15) is 31.9 Å². The maximum atomic E-state index is 14.0. The number of hydrogen-bond acceptors (Lipinski definition) is 6. The summed E-state index contributed by atoms with van der Waals surface area (Å²) in [4.78, 5) is 20.2. The van der Waals surface area contributed by atoms with Crippen molar-refractivity contribution in [1.29, 1.82) is 0 Å². The van der Waals surface area contributed by atoms with E-state index in [1.165, 1.54) is 19.3 Å². The first-order valence-electron chi connectivity index (χ1n) is 9.80. The molecule has 33 heavy (non-hydrogen) atoms. The third-order valence-electron chi connectivity index (χ3n) is 5.22. The second-order valence-corrected chi connectivity index (χ2v) is 7.69.